The van der Waals surface area contributed by atoms with E-state index in [9.17, 15) is 0 Å². The summed E-state index contributed by atoms with van der Waals surface area (Å²) < 4.78 is 11.4. The monoisotopic (exact) mass is 216 g/mol. The van der Waals surface area contributed by atoms with Crippen LogP contribution in [0, 0.1) is 0 Å². The second-order valence-electron chi connectivity index (χ2n) is 4.49. The van der Waals surface area contributed by atoms with Crippen LogP contribution in [0.2, 0.25) is 0 Å². The summed E-state index contributed by atoms with van der Waals surface area (Å²) in [5.74, 6) is -0.173. The van der Waals surface area contributed by atoms with E-state index in [1.165, 1.54) is 12.8 Å². The molecule has 1 saturated carbocycles. The maximum atomic E-state index is 5.70. The van der Waals surface area contributed by atoms with Crippen LogP contribution in [0.4, 0.5) is 0 Å². The van der Waals surface area contributed by atoms with Crippen LogP contribution < -0.4 is 0 Å². The Morgan fingerprint density at radius 2 is 1.71 bits per heavy atom. The Morgan fingerprint density at radius 3 is 2.21 bits per heavy atom. The van der Waals surface area contributed by atoms with Crippen molar-refractivity contribution < 1.29 is 9.47 Å². The quantitative estimate of drug-likeness (QED) is 0.707. The van der Waals surface area contributed by atoms with Gasteiger partial charge in [-0.2, -0.15) is 11.8 Å². The van der Waals surface area contributed by atoms with Crippen molar-refractivity contribution in [2.45, 2.75) is 55.8 Å². The smallest absolute Gasteiger partial charge is 0.168 e. The number of hydrogen-bond donors (Lipinski definition) is 0. The van der Waals surface area contributed by atoms with Gasteiger partial charge in [-0.15, -0.1) is 0 Å². The molecule has 14 heavy (non-hydrogen) atoms. The number of thioether (sulfide) groups is 1. The van der Waals surface area contributed by atoms with E-state index in [1.54, 1.807) is 0 Å². The summed E-state index contributed by atoms with van der Waals surface area (Å²) in [6.45, 7) is 6.14. The van der Waals surface area contributed by atoms with Crippen molar-refractivity contribution in [1.82, 2.24) is 0 Å². The maximum absolute atomic E-state index is 5.70. The van der Waals surface area contributed by atoms with E-state index in [0.717, 1.165) is 36.6 Å². The van der Waals surface area contributed by atoms with Gasteiger partial charge in [0.25, 0.3) is 0 Å². The predicted molar refractivity (Wildman–Crippen MR) is 59.6 cm³/mol. The van der Waals surface area contributed by atoms with E-state index in [0.29, 0.717) is 0 Å². The first kappa shape index (κ1) is 10.8. The molecule has 1 heterocycles. The molecular formula is C11H20O2S. The molecule has 0 radical (unpaired) electrons. The summed E-state index contributed by atoms with van der Waals surface area (Å²) >= 11 is 2.11. The SMILES string of the molecule is CC(C)SC1CCC2(CC1)OCCO2. The Labute approximate surface area is 90.7 Å². The third-order valence-electron chi connectivity index (χ3n) is 2.97. The van der Waals surface area contributed by atoms with Crippen LogP contribution in [-0.2, 0) is 9.47 Å². The van der Waals surface area contributed by atoms with Crippen molar-refractivity contribution in [1.29, 1.82) is 0 Å². The topological polar surface area (TPSA) is 18.5 Å². The average Bonchev–Trinajstić information content (AvgIpc) is 2.58. The second kappa shape index (κ2) is 4.42. The molecule has 0 amide bonds. The van der Waals surface area contributed by atoms with Crippen molar-refractivity contribution in [3.63, 3.8) is 0 Å². The largest absolute Gasteiger partial charge is 0.348 e. The standard InChI is InChI=1S/C11H20O2S/c1-9(2)14-10-3-5-11(6-4-10)12-7-8-13-11/h9-10H,3-8H2,1-2H3. The molecule has 0 bridgehead atoms. The van der Waals surface area contributed by atoms with E-state index < -0.39 is 0 Å². The molecule has 0 N–H and O–H groups in total. The number of ether oxygens (including phenoxy) is 2. The van der Waals surface area contributed by atoms with Gasteiger partial charge < -0.3 is 9.47 Å². The molecule has 0 atom stereocenters. The second-order valence-corrected chi connectivity index (χ2v) is 6.37. The first-order chi connectivity index (χ1) is 6.70. The summed E-state index contributed by atoms with van der Waals surface area (Å²) in [7, 11) is 0. The van der Waals surface area contributed by atoms with Crippen LogP contribution in [0.1, 0.15) is 39.5 Å². The van der Waals surface area contributed by atoms with Crippen molar-refractivity contribution in [3.8, 4) is 0 Å². The Hall–Kier alpha value is 0.270. The van der Waals surface area contributed by atoms with Gasteiger partial charge >= 0.3 is 0 Å². The predicted octanol–water partition coefficient (Wildman–Crippen LogP) is 2.81. The molecule has 1 spiro atoms. The molecule has 82 valence electrons. The van der Waals surface area contributed by atoms with Crippen LogP contribution >= 0.6 is 11.8 Å². The molecule has 2 aliphatic rings. The van der Waals surface area contributed by atoms with Crippen molar-refractivity contribution in [3.05, 3.63) is 0 Å². The van der Waals surface area contributed by atoms with Gasteiger partial charge in [-0.3, -0.25) is 0 Å². The third-order valence-corrected chi connectivity index (χ3v) is 4.37. The van der Waals surface area contributed by atoms with Crippen molar-refractivity contribution >= 4 is 11.8 Å². The van der Waals surface area contributed by atoms with Gasteiger partial charge in [-0.25, -0.2) is 0 Å². The van der Waals surface area contributed by atoms with Gasteiger partial charge in [0, 0.05) is 18.1 Å². The highest BCUT2D eigenvalue weighted by Crippen LogP contribution is 2.40. The summed E-state index contributed by atoms with van der Waals surface area (Å²) in [6, 6.07) is 0. The molecule has 1 aliphatic heterocycles. The van der Waals surface area contributed by atoms with Crippen LogP contribution in [-0.4, -0.2) is 29.5 Å². The lowest BCUT2D eigenvalue weighted by molar-refractivity contribution is -0.175. The molecule has 2 rings (SSSR count). The number of hydrogen-bond acceptors (Lipinski definition) is 3. The molecule has 2 nitrogen and oxygen atoms in total. The molecule has 0 aromatic heterocycles. The highest BCUT2D eigenvalue weighted by Gasteiger charge is 2.40. The zero-order valence-corrected chi connectivity index (χ0v) is 9.94. The van der Waals surface area contributed by atoms with Gasteiger partial charge in [0.05, 0.1) is 13.2 Å². The molecule has 1 aliphatic carbocycles. The van der Waals surface area contributed by atoms with Gasteiger partial charge in [-0.05, 0) is 18.1 Å². The van der Waals surface area contributed by atoms with Crippen molar-refractivity contribution in [2.75, 3.05) is 13.2 Å². The summed E-state index contributed by atoms with van der Waals surface area (Å²) in [6.07, 6.45) is 4.69. The lowest BCUT2D eigenvalue weighted by Gasteiger charge is -2.35. The molecule has 2 fully saturated rings. The maximum Gasteiger partial charge on any atom is 0.168 e. The fraction of sp³-hybridized carbons (Fsp3) is 1.00. The Balaban J connectivity index is 1.79. The van der Waals surface area contributed by atoms with E-state index in [-0.39, 0.29) is 5.79 Å². The van der Waals surface area contributed by atoms with Gasteiger partial charge in [0.2, 0.25) is 0 Å². The van der Waals surface area contributed by atoms with Crippen LogP contribution in [0.3, 0.4) is 0 Å². The normalized spacial score (nSPS) is 27.6. The van der Waals surface area contributed by atoms with E-state index in [2.05, 4.69) is 25.6 Å². The van der Waals surface area contributed by atoms with Crippen LogP contribution in [0.25, 0.3) is 0 Å². The first-order valence-electron chi connectivity index (χ1n) is 5.64. The average molecular weight is 216 g/mol. The van der Waals surface area contributed by atoms with Gasteiger partial charge in [-0.1, -0.05) is 13.8 Å². The third kappa shape index (κ3) is 2.44. The van der Waals surface area contributed by atoms with Gasteiger partial charge in [0.15, 0.2) is 5.79 Å². The summed E-state index contributed by atoms with van der Waals surface area (Å²) in [5, 5.41) is 1.58. The zero-order chi connectivity index (χ0) is 10.0. The highest BCUT2D eigenvalue weighted by molar-refractivity contribution is 8.00. The fourth-order valence-corrected chi connectivity index (χ4v) is 3.62. The minimum Gasteiger partial charge on any atom is -0.348 e. The fourth-order valence-electron chi connectivity index (χ4n) is 2.34. The van der Waals surface area contributed by atoms with E-state index >= 15 is 0 Å². The van der Waals surface area contributed by atoms with Crippen LogP contribution in [0.5, 0.6) is 0 Å². The lowest BCUT2D eigenvalue weighted by Crippen LogP contribution is -2.36. The minimum absolute atomic E-state index is 0.173. The van der Waals surface area contributed by atoms with Crippen LogP contribution in [0.15, 0.2) is 0 Å². The lowest BCUT2D eigenvalue weighted by atomic mass is 9.94. The molecule has 0 aromatic carbocycles. The number of rotatable bonds is 2. The van der Waals surface area contributed by atoms with E-state index in [1.807, 2.05) is 0 Å². The molecule has 3 heteroatoms. The molecule has 0 unspecified atom stereocenters. The summed E-state index contributed by atoms with van der Waals surface area (Å²) in [5.41, 5.74) is 0. The summed E-state index contributed by atoms with van der Waals surface area (Å²) in [4.78, 5) is 0. The first-order valence-corrected chi connectivity index (χ1v) is 6.58. The van der Waals surface area contributed by atoms with Crippen molar-refractivity contribution in [2.24, 2.45) is 0 Å². The zero-order valence-electron chi connectivity index (χ0n) is 9.12. The Bertz CT molecular complexity index is 178. The molecular weight excluding hydrogens is 196 g/mol. The minimum atomic E-state index is -0.173. The highest BCUT2D eigenvalue weighted by atomic mass is 32.2. The van der Waals surface area contributed by atoms with E-state index in [4.69, 9.17) is 9.47 Å². The Kier molecular flexibility index (Phi) is 3.40. The van der Waals surface area contributed by atoms with Gasteiger partial charge in [0.1, 0.15) is 0 Å². The molecule has 0 aromatic rings. The molecule has 1 saturated heterocycles. The Morgan fingerprint density at radius 1 is 1.14 bits per heavy atom.